The Kier molecular flexibility index (Phi) is 5.21. The van der Waals surface area contributed by atoms with Gasteiger partial charge in [0.15, 0.2) is 6.10 Å². The zero-order valence-electron chi connectivity index (χ0n) is 13.6. The number of hydrogen-bond acceptors (Lipinski definition) is 2. The van der Waals surface area contributed by atoms with Crippen LogP contribution in [0.1, 0.15) is 30.0 Å². The molecule has 0 spiro atoms. The van der Waals surface area contributed by atoms with Crippen LogP contribution >= 0.6 is 0 Å². The van der Waals surface area contributed by atoms with Gasteiger partial charge in [-0.1, -0.05) is 37.3 Å². The molecule has 0 saturated heterocycles. The smallest absolute Gasteiger partial charge is 0.265 e. The fourth-order valence-electron chi connectivity index (χ4n) is 2.26. The van der Waals surface area contributed by atoms with Crippen LogP contribution in [-0.2, 0) is 4.79 Å². The first-order chi connectivity index (χ1) is 10.5. The van der Waals surface area contributed by atoms with E-state index in [1.54, 1.807) is 0 Å². The highest BCUT2D eigenvalue weighted by Gasteiger charge is 2.19. The predicted octanol–water partition coefficient (Wildman–Crippen LogP) is 4.41. The number of benzene rings is 2. The van der Waals surface area contributed by atoms with Crippen LogP contribution in [0.3, 0.4) is 0 Å². The summed E-state index contributed by atoms with van der Waals surface area (Å²) < 4.78 is 5.89. The molecule has 0 aliphatic heterocycles. The highest BCUT2D eigenvalue weighted by molar-refractivity contribution is 5.95. The van der Waals surface area contributed by atoms with Crippen molar-refractivity contribution in [3.8, 4) is 5.75 Å². The largest absolute Gasteiger partial charge is 0.480 e. The Hall–Kier alpha value is -2.29. The van der Waals surface area contributed by atoms with Crippen molar-refractivity contribution in [3.05, 3.63) is 59.2 Å². The average molecular weight is 297 g/mol. The van der Waals surface area contributed by atoms with Crippen LogP contribution in [-0.4, -0.2) is 12.0 Å². The lowest BCUT2D eigenvalue weighted by Crippen LogP contribution is -2.32. The Labute approximate surface area is 132 Å². The lowest BCUT2D eigenvalue weighted by atomic mass is 10.1. The van der Waals surface area contributed by atoms with E-state index in [1.165, 1.54) is 0 Å². The van der Waals surface area contributed by atoms with Gasteiger partial charge in [-0.3, -0.25) is 4.79 Å². The lowest BCUT2D eigenvalue weighted by Gasteiger charge is -2.19. The standard InChI is InChI=1S/C19H23NO2/c1-5-17(22-18-12-7-6-9-14(18)3)19(21)20-16-11-8-10-13(2)15(16)4/h6-12,17H,5H2,1-4H3,(H,20,21). The summed E-state index contributed by atoms with van der Waals surface area (Å²) in [6, 6.07) is 13.6. The minimum atomic E-state index is -0.499. The molecular formula is C19H23NO2. The number of amides is 1. The predicted molar refractivity (Wildman–Crippen MR) is 90.4 cm³/mol. The minimum absolute atomic E-state index is 0.112. The van der Waals surface area contributed by atoms with Crippen molar-refractivity contribution in [2.75, 3.05) is 5.32 Å². The number of nitrogens with one attached hydrogen (secondary N) is 1. The van der Waals surface area contributed by atoms with Crippen LogP contribution in [0.15, 0.2) is 42.5 Å². The molecule has 2 aromatic carbocycles. The Balaban J connectivity index is 2.12. The number of hydrogen-bond donors (Lipinski definition) is 1. The third-order valence-electron chi connectivity index (χ3n) is 3.89. The molecule has 0 aliphatic carbocycles. The molecular weight excluding hydrogens is 274 g/mol. The van der Waals surface area contributed by atoms with Crippen molar-refractivity contribution in [1.82, 2.24) is 0 Å². The fourth-order valence-corrected chi connectivity index (χ4v) is 2.26. The van der Waals surface area contributed by atoms with Gasteiger partial charge < -0.3 is 10.1 Å². The fraction of sp³-hybridized carbons (Fsp3) is 0.316. The van der Waals surface area contributed by atoms with Crippen molar-refractivity contribution in [1.29, 1.82) is 0 Å². The van der Waals surface area contributed by atoms with Crippen LogP contribution in [0.5, 0.6) is 5.75 Å². The zero-order chi connectivity index (χ0) is 16.1. The molecule has 1 N–H and O–H groups in total. The van der Waals surface area contributed by atoms with E-state index in [0.29, 0.717) is 6.42 Å². The quantitative estimate of drug-likeness (QED) is 0.888. The normalized spacial score (nSPS) is 11.8. The Bertz CT molecular complexity index is 664. The van der Waals surface area contributed by atoms with Crippen LogP contribution in [0, 0.1) is 20.8 Å². The molecule has 0 aliphatic rings. The van der Waals surface area contributed by atoms with Crippen molar-refractivity contribution in [2.45, 2.75) is 40.2 Å². The number of carbonyl (C=O) groups is 1. The van der Waals surface area contributed by atoms with Crippen molar-refractivity contribution >= 4 is 11.6 Å². The summed E-state index contributed by atoms with van der Waals surface area (Å²) >= 11 is 0. The third kappa shape index (κ3) is 3.67. The molecule has 2 aromatic rings. The van der Waals surface area contributed by atoms with E-state index in [4.69, 9.17) is 4.74 Å². The summed E-state index contributed by atoms with van der Waals surface area (Å²) in [5, 5.41) is 2.98. The van der Waals surface area contributed by atoms with E-state index in [9.17, 15) is 4.79 Å². The first-order valence-corrected chi connectivity index (χ1v) is 7.62. The van der Waals surface area contributed by atoms with E-state index in [2.05, 4.69) is 5.32 Å². The number of anilines is 1. The number of ether oxygens (including phenoxy) is 1. The van der Waals surface area contributed by atoms with Gasteiger partial charge in [0, 0.05) is 5.69 Å². The molecule has 1 atom stereocenters. The second kappa shape index (κ2) is 7.12. The van der Waals surface area contributed by atoms with Gasteiger partial charge in [-0.15, -0.1) is 0 Å². The van der Waals surface area contributed by atoms with Crippen LogP contribution < -0.4 is 10.1 Å². The summed E-state index contributed by atoms with van der Waals surface area (Å²) in [6.45, 7) is 7.97. The van der Waals surface area contributed by atoms with Crippen molar-refractivity contribution in [3.63, 3.8) is 0 Å². The second-order valence-corrected chi connectivity index (χ2v) is 5.52. The molecule has 116 valence electrons. The van der Waals surface area contributed by atoms with Crippen LogP contribution in [0.2, 0.25) is 0 Å². The molecule has 0 bridgehead atoms. The molecule has 3 nitrogen and oxygen atoms in total. The van der Waals surface area contributed by atoms with Gasteiger partial charge >= 0.3 is 0 Å². The molecule has 1 unspecified atom stereocenters. The molecule has 2 rings (SSSR count). The highest BCUT2D eigenvalue weighted by atomic mass is 16.5. The Morgan fingerprint density at radius 1 is 1.05 bits per heavy atom. The Morgan fingerprint density at radius 2 is 1.73 bits per heavy atom. The van der Waals surface area contributed by atoms with E-state index in [-0.39, 0.29) is 5.91 Å². The molecule has 0 fully saturated rings. The summed E-state index contributed by atoms with van der Waals surface area (Å²) in [6.07, 6.45) is 0.117. The summed E-state index contributed by atoms with van der Waals surface area (Å²) in [5.41, 5.74) is 4.12. The minimum Gasteiger partial charge on any atom is -0.480 e. The van der Waals surface area contributed by atoms with Crippen LogP contribution in [0.25, 0.3) is 0 Å². The number of aryl methyl sites for hydroxylation is 2. The topological polar surface area (TPSA) is 38.3 Å². The van der Waals surface area contributed by atoms with E-state index < -0.39 is 6.10 Å². The van der Waals surface area contributed by atoms with Gasteiger partial charge in [-0.2, -0.15) is 0 Å². The molecule has 0 saturated carbocycles. The first kappa shape index (κ1) is 16.1. The van der Waals surface area contributed by atoms with Crippen molar-refractivity contribution < 1.29 is 9.53 Å². The van der Waals surface area contributed by atoms with E-state index >= 15 is 0 Å². The molecule has 22 heavy (non-hydrogen) atoms. The monoisotopic (exact) mass is 297 g/mol. The van der Waals surface area contributed by atoms with Gasteiger partial charge in [0.1, 0.15) is 5.75 Å². The van der Waals surface area contributed by atoms with Crippen molar-refractivity contribution in [2.24, 2.45) is 0 Å². The summed E-state index contributed by atoms with van der Waals surface area (Å²) in [7, 11) is 0. The molecule has 3 heteroatoms. The van der Waals surface area contributed by atoms with Gasteiger partial charge in [0.05, 0.1) is 0 Å². The lowest BCUT2D eigenvalue weighted by molar-refractivity contribution is -0.122. The van der Waals surface area contributed by atoms with E-state index in [1.807, 2.05) is 70.2 Å². The molecule has 1 amide bonds. The van der Waals surface area contributed by atoms with Gasteiger partial charge in [0.25, 0.3) is 5.91 Å². The average Bonchev–Trinajstić information content (AvgIpc) is 2.51. The van der Waals surface area contributed by atoms with Gasteiger partial charge in [-0.25, -0.2) is 0 Å². The van der Waals surface area contributed by atoms with Gasteiger partial charge in [-0.05, 0) is 56.0 Å². The molecule has 0 aromatic heterocycles. The highest BCUT2D eigenvalue weighted by Crippen LogP contribution is 2.21. The number of carbonyl (C=O) groups excluding carboxylic acids is 1. The van der Waals surface area contributed by atoms with Gasteiger partial charge in [0.2, 0.25) is 0 Å². The van der Waals surface area contributed by atoms with Crippen LogP contribution in [0.4, 0.5) is 5.69 Å². The first-order valence-electron chi connectivity index (χ1n) is 7.62. The third-order valence-corrected chi connectivity index (χ3v) is 3.89. The number of rotatable bonds is 5. The summed E-state index contributed by atoms with van der Waals surface area (Å²) in [5.74, 6) is 0.643. The SMILES string of the molecule is CCC(Oc1ccccc1C)C(=O)Nc1cccc(C)c1C. The molecule has 0 radical (unpaired) electrons. The maximum atomic E-state index is 12.5. The second-order valence-electron chi connectivity index (χ2n) is 5.52. The maximum absolute atomic E-state index is 12.5. The Morgan fingerprint density at radius 3 is 2.41 bits per heavy atom. The summed E-state index contributed by atoms with van der Waals surface area (Å²) in [4.78, 5) is 12.5. The zero-order valence-corrected chi connectivity index (χ0v) is 13.6. The number of para-hydroxylation sites is 1. The van der Waals surface area contributed by atoms with E-state index in [0.717, 1.165) is 28.1 Å². The maximum Gasteiger partial charge on any atom is 0.265 e. The molecule has 0 heterocycles.